The molecule has 14 aromatic rings. The molecule has 0 aliphatic rings. The molecule has 5 nitrogen and oxygen atoms in total. The van der Waals surface area contributed by atoms with Crippen LogP contribution in [0.5, 0.6) is 0 Å². The van der Waals surface area contributed by atoms with Gasteiger partial charge in [-0.3, -0.25) is 0 Å². The molecule has 5 aromatic heterocycles. The lowest BCUT2D eigenvalue weighted by Crippen LogP contribution is -1.97. The number of nitrogens with zero attached hydrogens (tertiary/aromatic N) is 4. The summed E-state index contributed by atoms with van der Waals surface area (Å²) in [6.45, 7) is 0. The molecule has 0 aliphatic heterocycles. The average molecular weight is 777 g/mol. The highest BCUT2D eigenvalue weighted by Crippen LogP contribution is 2.48. The van der Waals surface area contributed by atoms with Crippen LogP contribution in [0.25, 0.3) is 132 Å². The molecule has 0 unspecified atom stereocenters. The maximum absolute atomic E-state index is 6.49. The molecule has 0 bridgehead atoms. The summed E-state index contributed by atoms with van der Waals surface area (Å²) in [5.74, 6) is 0.653. The lowest BCUT2D eigenvalue weighted by molar-refractivity contribution is 0.667. The Balaban J connectivity index is 1.01. The van der Waals surface area contributed by atoms with Crippen molar-refractivity contribution in [3.05, 3.63) is 194 Å². The van der Waals surface area contributed by atoms with Crippen molar-refractivity contribution in [1.29, 1.82) is 0 Å². The highest BCUT2D eigenvalue weighted by molar-refractivity contribution is 6.37. The van der Waals surface area contributed by atoms with Crippen molar-refractivity contribution >= 4 is 92.7 Å². The van der Waals surface area contributed by atoms with Gasteiger partial charge >= 0.3 is 0 Å². The van der Waals surface area contributed by atoms with E-state index in [9.17, 15) is 0 Å². The van der Waals surface area contributed by atoms with Gasteiger partial charge in [0.25, 0.3) is 0 Å². The molecular weight excluding hydrogens is 745 g/mol. The van der Waals surface area contributed by atoms with E-state index in [1.165, 1.54) is 76.2 Å². The number of furan rings is 1. The molecule has 9 aromatic carbocycles. The summed E-state index contributed by atoms with van der Waals surface area (Å²) in [6.07, 6.45) is 0. The van der Waals surface area contributed by atoms with Crippen LogP contribution in [0.1, 0.15) is 0 Å². The quantitative estimate of drug-likeness (QED) is 0.179. The SMILES string of the molecule is c1ccc(-c2ccc(-c3nc(-c4ccc(-n5c6cc7c8ccccc8n8c9ccccc9c(c6c6ccc9ccccc9c65)c78)cc4)nc4c3oc3ccccc34)cc2)cc1. The van der Waals surface area contributed by atoms with E-state index < -0.39 is 0 Å². The maximum Gasteiger partial charge on any atom is 0.180 e. The molecule has 0 atom stereocenters. The highest BCUT2D eigenvalue weighted by atomic mass is 16.3. The lowest BCUT2D eigenvalue weighted by atomic mass is 10.0. The van der Waals surface area contributed by atoms with E-state index in [0.717, 1.165) is 44.6 Å². The first-order valence-corrected chi connectivity index (χ1v) is 20.7. The summed E-state index contributed by atoms with van der Waals surface area (Å²) in [6, 6.07) is 69.4. The van der Waals surface area contributed by atoms with Gasteiger partial charge in [-0.25, -0.2) is 9.97 Å². The van der Waals surface area contributed by atoms with Gasteiger partial charge in [-0.2, -0.15) is 0 Å². The number of hydrogen-bond donors (Lipinski definition) is 0. The molecule has 0 spiro atoms. The predicted molar refractivity (Wildman–Crippen MR) is 252 cm³/mol. The van der Waals surface area contributed by atoms with Crippen LogP contribution in [0, 0.1) is 0 Å². The van der Waals surface area contributed by atoms with Crippen molar-refractivity contribution in [3.8, 4) is 39.5 Å². The van der Waals surface area contributed by atoms with Gasteiger partial charge in [-0.1, -0.05) is 140 Å². The van der Waals surface area contributed by atoms with Crippen LogP contribution in [-0.2, 0) is 0 Å². The highest BCUT2D eigenvalue weighted by Gasteiger charge is 2.25. The molecule has 5 heteroatoms. The van der Waals surface area contributed by atoms with Crippen molar-refractivity contribution in [2.45, 2.75) is 0 Å². The number of aromatic nitrogens is 4. The van der Waals surface area contributed by atoms with Crippen LogP contribution in [-0.4, -0.2) is 18.9 Å². The van der Waals surface area contributed by atoms with Gasteiger partial charge in [0.15, 0.2) is 11.4 Å². The maximum atomic E-state index is 6.49. The first-order chi connectivity index (χ1) is 30.3. The van der Waals surface area contributed by atoms with Crippen LogP contribution in [0.4, 0.5) is 0 Å². The summed E-state index contributed by atoms with van der Waals surface area (Å²) in [4.78, 5) is 10.5. The van der Waals surface area contributed by atoms with Crippen LogP contribution in [0.15, 0.2) is 199 Å². The number of para-hydroxylation sites is 3. The molecular formula is C56H32N4O. The van der Waals surface area contributed by atoms with E-state index in [1.807, 2.05) is 24.3 Å². The van der Waals surface area contributed by atoms with Crippen molar-refractivity contribution in [1.82, 2.24) is 18.9 Å². The van der Waals surface area contributed by atoms with Gasteiger partial charge in [-0.05, 0) is 71.1 Å². The Morgan fingerprint density at radius 3 is 1.85 bits per heavy atom. The molecule has 0 N–H and O–H groups in total. The molecule has 0 amide bonds. The minimum Gasteiger partial charge on any atom is -0.452 e. The fourth-order valence-corrected chi connectivity index (χ4v) is 10.2. The van der Waals surface area contributed by atoms with Gasteiger partial charge in [0.05, 0.1) is 27.6 Å². The van der Waals surface area contributed by atoms with Gasteiger partial charge in [0, 0.05) is 59.9 Å². The standard InChI is InChI=1S/C56H32N4O/c1-2-12-33(13-3-1)34-22-24-36(25-23-34)51-55-52(42-18-8-11-21-48(42)61-55)58-56(57-51)37-26-29-38(30-27-37)59-47-32-44-40-16-6-9-19-45(40)60-46-20-10-7-17-41(46)50(54(44)60)49(47)43-31-28-35-14-4-5-15-39(35)53(43)59/h1-32H. The van der Waals surface area contributed by atoms with Crippen molar-refractivity contribution in [2.75, 3.05) is 0 Å². The largest absolute Gasteiger partial charge is 0.452 e. The molecule has 61 heavy (non-hydrogen) atoms. The zero-order valence-electron chi connectivity index (χ0n) is 32.7. The molecule has 0 fully saturated rings. The fraction of sp³-hybridized carbons (Fsp3) is 0. The number of benzene rings is 9. The van der Waals surface area contributed by atoms with Gasteiger partial charge in [-0.15, -0.1) is 0 Å². The Morgan fingerprint density at radius 1 is 0.393 bits per heavy atom. The first-order valence-electron chi connectivity index (χ1n) is 20.7. The summed E-state index contributed by atoms with van der Waals surface area (Å²) < 4.78 is 11.4. The second-order valence-corrected chi connectivity index (χ2v) is 16.1. The second kappa shape index (κ2) is 12.1. The second-order valence-electron chi connectivity index (χ2n) is 16.1. The molecule has 0 saturated carbocycles. The Labute approximate surface area is 348 Å². The average Bonchev–Trinajstić information content (AvgIpc) is 4.07. The van der Waals surface area contributed by atoms with Crippen molar-refractivity contribution in [3.63, 3.8) is 0 Å². The van der Waals surface area contributed by atoms with Gasteiger partial charge in [0.1, 0.15) is 16.8 Å². The molecule has 0 saturated heterocycles. The first kappa shape index (κ1) is 32.7. The summed E-state index contributed by atoms with van der Waals surface area (Å²) >= 11 is 0. The smallest absolute Gasteiger partial charge is 0.180 e. The number of fused-ring (bicyclic) bond motifs is 15. The third kappa shape index (κ3) is 4.49. The third-order valence-corrected chi connectivity index (χ3v) is 12.9. The minimum absolute atomic E-state index is 0.653. The summed E-state index contributed by atoms with van der Waals surface area (Å²) in [5.41, 5.74) is 14.5. The molecule has 5 heterocycles. The lowest BCUT2D eigenvalue weighted by Gasteiger charge is -2.12. The Kier molecular flexibility index (Phi) is 6.49. The van der Waals surface area contributed by atoms with Crippen LogP contribution >= 0.6 is 0 Å². The molecule has 14 rings (SSSR count). The number of rotatable bonds is 4. The zero-order chi connectivity index (χ0) is 39.8. The van der Waals surface area contributed by atoms with Gasteiger partial charge in [0.2, 0.25) is 0 Å². The normalized spacial score (nSPS) is 12.3. The summed E-state index contributed by atoms with van der Waals surface area (Å²) in [5, 5.41) is 11.0. The Bertz CT molecular complexity index is 4080. The van der Waals surface area contributed by atoms with Crippen molar-refractivity contribution < 1.29 is 4.42 Å². The predicted octanol–water partition coefficient (Wildman–Crippen LogP) is 14.8. The van der Waals surface area contributed by atoms with E-state index >= 15 is 0 Å². The Morgan fingerprint density at radius 2 is 1.03 bits per heavy atom. The van der Waals surface area contributed by atoms with E-state index in [2.05, 4.69) is 179 Å². The minimum atomic E-state index is 0.653. The fourth-order valence-electron chi connectivity index (χ4n) is 10.2. The summed E-state index contributed by atoms with van der Waals surface area (Å²) in [7, 11) is 0. The molecule has 282 valence electrons. The molecule has 0 radical (unpaired) electrons. The van der Waals surface area contributed by atoms with Crippen LogP contribution in [0.3, 0.4) is 0 Å². The van der Waals surface area contributed by atoms with Gasteiger partial charge < -0.3 is 13.4 Å². The molecule has 0 aliphatic carbocycles. The topological polar surface area (TPSA) is 48.3 Å². The van der Waals surface area contributed by atoms with E-state index in [4.69, 9.17) is 14.4 Å². The van der Waals surface area contributed by atoms with E-state index in [0.29, 0.717) is 11.4 Å². The van der Waals surface area contributed by atoms with E-state index in [-0.39, 0.29) is 0 Å². The Hall–Kier alpha value is -8.28. The van der Waals surface area contributed by atoms with Crippen LogP contribution in [0.2, 0.25) is 0 Å². The van der Waals surface area contributed by atoms with E-state index in [1.54, 1.807) is 0 Å². The third-order valence-electron chi connectivity index (χ3n) is 12.9. The van der Waals surface area contributed by atoms with Crippen LogP contribution < -0.4 is 0 Å². The number of hydrogen-bond acceptors (Lipinski definition) is 3. The zero-order valence-corrected chi connectivity index (χ0v) is 32.7. The van der Waals surface area contributed by atoms with Crippen molar-refractivity contribution in [2.24, 2.45) is 0 Å². The monoisotopic (exact) mass is 776 g/mol.